The van der Waals surface area contributed by atoms with Crippen molar-refractivity contribution in [2.45, 2.75) is 30.7 Å². The Labute approximate surface area is 125 Å². The monoisotopic (exact) mass is 315 g/mol. The van der Waals surface area contributed by atoms with Crippen molar-refractivity contribution in [2.75, 3.05) is 32.9 Å². The van der Waals surface area contributed by atoms with E-state index in [1.165, 1.54) is 23.4 Å². The first-order valence-electron chi connectivity index (χ1n) is 6.95. The van der Waals surface area contributed by atoms with Crippen LogP contribution in [-0.4, -0.2) is 50.8 Å². The van der Waals surface area contributed by atoms with E-state index in [2.05, 4.69) is 4.90 Å². The largest absolute Gasteiger partial charge is 0.396 e. The summed E-state index contributed by atoms with van der Waals surface area (Å²) in [4.78, 5) is 2.19. The van der Waals surface area contributed by atoms with Gasteiger partial charge in [0.05, 0.1) is 10.6 Å². The van der Waals surface area contributed by atoms with Gasteiger partial charge in [0.15, 0.2) is 0 Å². The maximum absolute atomic E-state index is 13.5. The zero-order chi connectivity index (χ0) is 15.8. The minimum Gasteiger partial charge on any atom is -0.396 e. The number of nitrogens with zero attached hydrogens (tertiary/aromatic N) is 2. The fraction of sp³-hybridized carbons (Fsp3) is 0.571. The molecular weight excluding hydrogens is 293 g/mol. The van der Waals surface area contributed by atoms with Crippen LogP contribution in [0.5, 0.6) is 0 Å². The molecule has 1 aromatic rings. The molecule has 21 heavy (non-hydrogen) atoms. The number of anilines is 1. The molecule has 1 aliphatic rings. The summed E-state index contributed by atoms with van der Waals surface area (Å²) in [5, 5.41) is 0. The molecule has 0 aromatic heterocycles. The van der Waals surface area contributed by atoms with Crippen LogP contribution in [0.4, 0.5) is 10.1 Å². The summed E-state index contributed by atoms with van der Waals surface area (Å²) >= 11 is 0. The van der Waals surface area contributed by atoms with Crippen LogP contribution < -0.4 is 5.73 Å². The van der Waals surface area contributed by atoms with Crippen LogP contribution >= 0.6 is 0 Å². The van der Waals surface area contributed by atoms with Gasteiger partial charge in [-0.15, -0.1) is 0 Å². The molecule has 1 saturated heterocycles. The highest BCUT2D eigenvalue weighted by atomic mass is 32.2. The third-order valence-electron chi connectivity index (χ3n) is 4.05. The van der Waals surface area contributed by atoms with Gasteiger partial charge in [-0.05, 0) is 51.6 Å². The average molecular weight is 315 g/mol. The van der Waals surface area contributed by atoms with Crippen LogP contribution in [0.1, 0.15) is 18.4 Å². The van der Waals surface area contributed by atoms with E-state index in [1.54, 1.807) is 0 Å². The first-order valence-corrected chi connectivity index (χ1v) is 8.39. The molecule has 1 aromatic carbocycles. The molecule has 7 heteroatoms. The Morgan fingerprint density at radius 2 is 1.86 bits per heavy atom. The second-order valence-corrected chi connectivity index (χ2v) is 7.68. The lowest BCUT2D eigenvalue weighted by atomic mass is 10.1. The minimum atomic E-state index is -3.60. The van der Waals surface area contributed by atoms with Crippen LogP contribution in [0.3, 0.4) is 0 Å². The average Bonchev–Trinajstić information content (AvgIpc) is 2.44. The van der Waals surface area contributed by atoms with Crippen molar-refractivity contribution in [3.63, 3.8) is 0 Å². The Bertz CT molecular complexity index is 600. The van der Waals surface area contributed by atoms with Crippen molar-refractivity contribution < 1.29 is 12.8 Å². The van der Waals surface area contributed by atoms with E-state index in [-0.39, 0.29) is 16.1 Å². The molecule has 0 saturated carbocycles. The van der Waals surface area contributed by atoms with Gasteiger partial charge in [-0.2, -0.15) is 4.31 Å². The summed E-state index contributed by atoms with van der Waals surface area (Å²) in [7, 11) is 0.393. The van der Waals surface area contributed by atoms with Crippen molar-refractivity contribution >= 4 is 15.7 Å². The smallest absolute Gasteiger partial charge is 0.243 e. The molecule has 1 fully saturated rings. The predicted molar refractivity (Wildman–Crippen MR) is 81.0 cm³/mol. The van der Waals surface area contributed by atoms with E-state index < -0.39 is 15.8 Å². The van der Waals surface area contributed by atoms with Crippen molar-refractivity contribution in [3.05, 3.63) is 23.5 Å². The van der Waals surface area contributed by atoms with E-state index >= 15 is 0 Å². The van der Waals surface area contributed by atoms with Gasteiger partial charge in [-0.25, -0.2) is 12.8 Å². The summed E-state index contributed by atoms with van der Waals surface area (Å²) in [5.41, 5.74) is 5.66. The summed E-state index contributed by atoms with van der Waals surface area (Å²) in [6.07, 6.45) is 1.59. The number of piperidine rings is 1. The van der Waals surface area contributed by atoms with E-state index in [1.807, 2.05) is 14.1 Å². The van der Waals surface area contributed by atoms with Crippen LogP contribution in [0, 0.1) is 12.7 Å². The van der Waals surface area contributed by atoms with Gasteiger partial charge in [-0.1, -0.05) is 0 Å². The fourth-order valence-electron chi connectivity index (χ4n) is 2.66. The van der Waals surface area contributed by atoms with Gasteiger partial charge in [0.25, 0.3) is 0 Å². The molecular formula is C14H22FN3O2S. The molecule has 118 valence electrons. The standard InChI is InChI=1S/C14H22FN3O2S/c1-10-8-12(9-13(16)14(10)15)21(19,20)18-6-4-11(5-7-18)17(2)3/h8-9,11H,4-7,16H2,1-3H3. The van der Waals surface area contributed by atoms with Gasteiger partial charge < -0.3 is 10.6 Å². The molecule has 1 aliphatic heterocycles. The van der Waals surface area contributed by atoms with E-state index in [4.69, 9.17) is 5.73 Å². The second-order valence-electron chi connectivity index (χ2n) is 5.74. The van der Waals surface area contributed by atoms with E-state index in [9.17, 15) is 12.8 Å². The predicted octanol–water partition coefficient (Wildman–Crippen LogP) is 1.43. The fourth-order valence-corrected chi connectivity index (χ4v) is 4.25. The number of benzene rings is 1. The van der Waals surface area contributed by atoms with Gasteiger partial charge in [0.1, 0.15) is 5.82 Å². The Kier molecular flexibility index (Phi) is 4.55. The molecule has 0 unspecified atom stereocenters. The summed E-state index contributed by atoms with van der Waals surface area (Å²) in [5.74, 6) is -0.555. The molecule has 2 rings (SSSR count). The van der Waals surface area contributed by atoms with Crippen LogP contribution in [0.25, 0.3) is 0 Å². The third-order valence-corrected chi connectivity index (χ3v) is 5.92. The second kappa shape index (κ2) is 5.90. The van der Waals surface area contributed by atoms with Crippen LogP contribution in [0.2, 0.25) is 0 Å². The molecule has 1 heterocycles. The van der Waals surface area contributed by atoms with Crippen molar-refractivity contribution in [1.82, 2.24) is 9.21 Å². The van der Waals surface area contributed by atoms with Crippen LogP contribution in [0.15, 0.2) is 17.0 Å². The quantitative estimate of drug-likeness (QED) is 0.857. The molecule has 0 radical (unpaired) electrons. The number of sulfonamides is 1. The topological polar surface area (TPSA) is 66.6 Å². The highest BCUT2D eigenvalue weighted by Crippen LogP contribution is 2.26. The number of rotatable bonds is 3. The summed E-state index contributed by atoms with van der Waals surface area (Å²) < 4.78 is 40.2. The number of hydrogen-bond acceptors (Lipinski definition) is 4. The van der Waals surface area contributed by atoms with Gasteiger partial charge in [0, 0.05) is 19.1 Å². The lowest BCUT2D eigenvalue weighted by Gasteiger charge is -2.34. The number of hydrogen-bond donors (Lipinski definition) is 1. The van der Waals surface area contributed by atoms with Crippen molar-refractivity contribution in [3.8, 4) is 0 Å². The minimum absolute atomic E-state index is 0.0715. The number of aryl methyl sites for hydroxylation is 1. The SMILES string of the molecule is Cc1cc(S(=O)(=O)N2CCC(N(C)C)CC2)cc(N)c1F. The summed E-state index contributed by atoms with van der Waals surface area (Å²) in [6, 6.07) is 2.95. The number of nitrogens with two attached hydrogens (primary N) is 1. The molecule has 0 bridgehead atoms. The molecule has 5 nitrogen and oxygen atoms in total. The van der Waals surface area contributed by atoms with E-state index in [0.717, 1.165) is 12.8 Å². The Morgan fingerprint density at radius 1 is 1.29 bits per heavy atom. The van der Waals surface area contributed by atoms with Gasteiger partial charge >= 0.3 is 0 Å². The van der Waals surface area contributed by atoms with Crippen molar-refractivity contribution in [1.29, 1.82) is 0 Å². The third kappa shape index (κ3) is 3.20. The molecule has 0 spiro atoms. The Morgan fingerprint density at radius 3 is 2.33 bits per heavy atom. The molecule has 0 aliphatic carbocycles. The van der Waals surface area contributed by atoms with Gasteiger partial charge in [0.2, 0.25) is 10.0 Å². The highest BCUT2D eigenvalue weighted by Gasteiger charge is 2.30. The highest BCUT2D eigenvalue weighted by molar-refractivity contribution is 7.89. The zero-order valence-corrected chi connectivity index (χ0v) is 13.5. The summed E-state index contributed by atoms with van der Waals surface area (Å²) in [6.45, 7) is 2.46. The first-order chi connectivity index (χ1) is 9.73. The Hall–Kier alpha value is -1.18. The zero-order valence-electron chi connectivity index (χ0n) is 12.6. The number of halogens is 1. The lowest BCUT2D eigenvalue weighted by Crippen LogP contribution is -2.44. The number of nitrogen functional groups attached to an aromatic ring is 1. The van der Waals surface area contributed by atoms with Crippen molar-refractivity contribution in [2.24, 2.45) is 0 Å². The van der Waals surface area contributed by atoms with E-state index in [0.29, 0.717) is 19.1 Å². The van der Waals surface area contributed by atoms with Crippen LogP contribution in [-0.2, 0) is 10.0 Å². The molecule has 0 amide bonds. The maximum Gasteiger partial charge on any atom is 0.243 e. The first kappa shape index (κ1) is 16.2. The maximum atomic E-state index is 13.5. The normalized spacial score (nSPS) is 18.3. The lowest BCUT2D eigenvalue weighted by molar-refractivity contribution is 0.196. The molecule has 2 N–H and O–H groups in total. The molecule has 0 atom stereocenters. The Balaban J connectivity index is 2.24. The van der Waals surface area contributed by atoms with Gasteiger partial charge in [-0.3, -0.25) is 0 Å².